The lowest BCUT2D eigenvalue weighted by atomic mass is 10.0. The van der Waals surface area contributed by atoms with Gasteiger partial charge in [0, 0.05) is 6.92 Å². The molecule has 0 atom stereocenters. The monoisotopic (exact) mass is 329 g/mol. The smallest absolute Gasteiger partial charge is 0.339 e. The van der Waals surface area contributed by atoms with Gasteiger partial charge in [-0.2, -0.15) is 0 Å². The predicted octanol–water partition coefficient (Wildman–Crippen LogP) is 3.12. The van der Waals surface area contributed by atoms with E-state index >= 15 is 0 Å². The van der Waals surface area contributed by atoms with Gasteiger partial charge in [-0.1, -0.05) is 12.1 Å². The quantitative estimate of drug-likeness (QED) is 0.853. The zero-order chi connectivity index (χ0) is 17.7. The molecule has 2 aromatic rings. The number of ether oxygens (including phenoxy) is 3. The van der Waals surface area contributed by atoms with Crippen LogP contribution in [0.25, 0.3) is 11.1 Å². The second-order valence-corrected chi connectivity index (χ2v) is 5.00. The molecule has 6 heteroatoms. The van der Waals surface area contributed by atoms with E-state index in [1.807, 2.05) is 12.1 Å². The molecule has 0 saturated heterocycles. The van der Waals surface area contributed by atoms with Gasteiger partial charge in [0.1, 0.15) is 0 Å². The second-order valence-electron chi connectivity index (χ2n) is 5.00. The molecule has 6 nitrogen and oxygen atoms in total. The van der Waals surface area contributed by atoms with E-state index in [9.17, 15) is 9.59 Å². The first kappa shape index (κ1) is 17.3. The van der Waals surface area contributed by atoms with Gasteiger partial charge in [-0.15, -0.1) is 0 Å². The van der Waals surface area contributed by atoms with Gasteiger partial charge in [0.25, 0.3) is 0 Å². The minimum atomic E-state index is -0.527. The fraction of sp³-hybridized carbons (Fsp3) is 0.222. The van der Waals surface area contributed by atoms with Crippen molar-refractivity contribution < 1.29 is 23.8 Å². The topological polar surface area (TPSA) is 73.9 Å². The van der Waals surface area contributed by atoms with Crippen molar-refractivity contribution in [3.8, 4) is 22.6 Å². The van der Waals surface area contributed by atoms with E-state index in [-0.39, 0.29) is 11.5 Å². The summed E-state index contributed by atoms with van der Waals surface area (Å²) in [6.45, 7) is 1.38. The number of anilines is 1. The van der Waals surface area contributed by atoms with Gasteiger partial charge in [-0.25, -0.2) is 4.79 Å². The predicted molar refractivity (Wildman–Crippen MR) is 90.6 cm³/mol. The minimum absolute atomic E-state index is 0.265. The van der Waals surface area contributed by atoms with E-state index < -0.39 is 5.97 Å². The van der Waals surface area contributed by atoms with Crippen LogP contribution in [0.3, 0.4) is 0 Å². The standard InChI is InChI=1S/C18H19NO5/c1-11(20)19-15-7-5-12(9-14(15)18(21)24-4)13-6-8-16(22-2)17(10-13)23-3/h5-10H,1-4H3,(H,19,20). The first-order valence-corrected chi connectivity index (χ1v) is 7.22. The van der Waals surface area contributed by atoms with Crippen LogP contribution in [-0.4, -0.2) is 33.2 Å². The number of esters is 1. The molecule has 2 aromatic carbocycles. The summed E-state index contributed by atoms with van der Waals surface area (Å²) in [7, 11) is 4.42. The Labute approximate surface area is 140 Å². The van der Waals surface area contributed by atoms with Gasteiger partial charge in [-0.3, -0.25) is 4.79 Å². The molecule has 2 rings (SSSR count). The van der Waals surface area contributed by atoms with Crippen LogP contribution < -0.4 is 14.8 Å². The molecular weight excluding hydrogens is 310 g/mol. The number of amides is 1. The number of hydrogen-bond acceptors (Lipinski definition) is 5. The third-order valence-electron chi connectivity index (χ3n) is 3.45. The average Bonchev–Trinajstić information content (AvgIpc) is 2.60. The Morgan fingerprint density at radius 3 is 2.08 bits per heavy atom. The summed E-state index contributed by atoms with van der Waals surface area (Å²) in [6, 6.07) is 10.6. The molecule has 0 aliphatic carbocycles. The first-order valence-electron chi connectivity index (χ1n) is 7.22. The van der Waals surface area contributed by atoms with Crippen molar-refractivity contribution in [2.24, 2.45) is 0 Å². The third kappa shape index (κ3) is 3.65. The van der Waals surface area contributed by atoms with Gasteiger partial charge in [0.05, 0.1) is 32.6 Å². The maximum atomic E-state index is 12.0. The van der Waals surface area contributed by atoms with E-state index in [0.717, 1.165) is 11.1 Å². The van der Waals surface area contributed by atoms with Crippen molar-refractivity contribution in [3.05, 3.63) is 42.0 Å². The lowest BCUT2D eigenvalue weighted by Crippen LogP contribution is -2.12. The summed E-state index contributed by atoms with van der Waals surface area (Å²) >= 11 is 0. The lowest BCUT2D eigenvalue weighted by molar-refractivity contribution is -0.114. The lowest BCUT2D eigenvalue weighted by Gasteiger charge is -2.13. The highest BCUT2D eigenvalue weighted by Gasteiger charge is 2.15. The Morgan fingerprint density at radius 2 is 1.50 bits per heavy atom. The molecule has 0 aromatic heterocycles. The second kappa shape index (κ2) is 7.50. The van der Waals surface area contributed by atoms with Crippen molar-refractivity contribution in [2.75, 3.05) is 26.6 Å². The number of benzene rings is 2. The van der Waals surface area contributed by atoms with Crippen molar-refractivity contribution in [3.63, 3.8) is 0 Å². The van der Waals surface area contributed by atoms with Crippen molar-refractivity contribution in [2.45, 2.75) is 6.92 Å². The van der Waals surface area contributed by atoms with Crippen LogP contribution >= 0.6 is 0 Å². The number of carbonyl (C=O) groups excluding carboxylic acids is 2. The largest absolute Gasteiger partial charge is 0.493 e. The number of nitrogens with one attached hydrogen (secondary N) is 1. The molecule has 0 radical (unpaired) electrons. The Balaban J connectivity index is 2.51. The Kier molecular flexibility index (Phi) is 5.42. The van der Waals surface area contributed by atoms with E-state index in [1.54, 1.807) is 38.5 Å². The summed E-state index contributed by atoms with van der Waals surface area (Å²) < 4.78 is 15.3. The summed E-state index contributed by atoms with van der Waals surface area (Å²) in [4.78, 5) is 23.3. The maximum absolute atomic E-state index is 12.0. The Hall–Kier alpha value is -3.02. The van der Waals surface area contributed by atoms with Crippen molar-refractivity contribution >= 4 is 17.6 Å². The van der Waals surface area contributed by atoms with Gasteiger partial charge in [0.2, 0.25) is 5.91 Å². The number of methoxy groups -OCH3 is 3. The molecule has 0 aliphatic rings. The zero-order valence-electron chi connectivity index (χ0n) is 14.0. The van der Waals surface area contributed by atoms with E-state index in [1.165, 1.54) is 14.0 Å². The third-order valence-corrected chi connectivity index (χ3v) is 3.45. The Bertz CT molecular complexity index is 770. The molecule has 0 fully saturated rings. The molecule has 126 valence electrons. The van der Waals surface area contributed by atoms with Crippen LogP contribution in [0.15, 0.2) is 36.4 Å². The summed E-state index contributed by atoms with van der Waals surface area (Å²) in [5.41, 5.74) is 2.30. The molecule has 24 heavy (non-hydrogen) atoms. The number of carbonyl (C=O) groups is 2. The highest BCUT2D eigenvalue weighted by Crippen LogP contribution is 2.33. The van der Waals surface area contributed by atoms with E-state index in [4.69, 9.17) is 14.2 Å². The SMILES string of the molecule is COC(=O)c1cc(-c2ccc(OC)c(OC)c2)ccc1NC(C)=O. The van der Waals surface area contributed by atoms with E-state index in [2.05, 4.69) is 5.32 Å². The molecule has 0 heterocycles. The van der Waals surface area contributed by atoms with E-state index in [0.29, 0.717) is 17.2 Å². The molecule has 0 saturated carbocycles. The zero-order valence-corrected chi connectivity index (χ0v) is 14.0. The molecule has 0 unspecified atom stereocenters. The average molecular weight is 329 g/mol. The number of hydrogen-bond donors (Lipinski definition) is 1. The minimum Gasteiger partial charge on any atom is -0.493 e. The van der Waals surface area contributed by atoms with Crippen LogP contribution in [0.2, 0.25) is 0 Å². The number of rotatable bonds is 5. The summed E-state index contributed by atoms with van der Waals surface area (Å²) in [5, 5.41) is 2.62. The highest BCUT2D eigenvalue weighted by molar-refractivity contribution is 6.01. The normalized spacial score (nSPS) is 10.0. The van der Waals surface area contributed by atoms with Crippen LogP contribution in [0, 0.1) is 0 Å². The van der Waals surface area contributed by atoms with Crippen LogP contribution in [0.1, 0.15) is 17.3 Å². The summed E-state index contributed by atoms with van der Waals surface area (Å²) in [6.07, 6.45) is 0. The summed E-state index contributed by atoms with van der Waals surface area (Å²) in [5.74, 6) is 0.407. The maximum Gasteiger partial charge on any atom is 0.339 e. The molecule has 0 aliphatic heterocycles. The van der Waals surface area contributed by atoms with Crippen molar-refractivity contribution in [1.82, 2.24) is 0 Å². The Morgan fingerprint density at radius 1 is 0.875 bits per heavy atom. The fourth-order valence-electron chi connectivity index (χ4n) is 2.32. The van der Waals surface area contributed by atoms with Crippen LogP contribution in [0.5, 0.6) is 11.5 Å². The van der Waals surface area contributed by atoms with Crippen molar-refractivity contribution in [1.29, 1.82) is 0 Å². The fourth-order valence-corrected chi connectivity index (χ4v) is 2.32. The van der Waals surface area contributed by atoms with Gasteiger partial charge in [0.15, 0.2) is 11.5 Å². The highest BCUT2D eigenvalue weighted by atomic mass is 16.5. The molecular formula is C18H19NO5. The molecule has 0 spiro atoms. The molecule has 1 N–H and O–H groups in total. The first-order chi connectivity index (χ1) is 11.5. The van der Waals surface area contributed by atoms with Gasteiger partial charge >= 0.3 is 5.97 Å². The molecule has 0 bridgehead atoms. The van der Waals surface area contributed by atoms with Gasteiger partial charge in [-0.05, 0) is 35.4 Å². The van der Waals surface area contributed by atoms with Crippen LogP contribution in [0.4, 0.5) is 5.69 Å². The molecule has 1 amide bonds. The van der Waals surface area contributed by atoms with Crippen LogP contribution in [-0.2, 0) is 9.53 Å². The van der Waals surface area contributed by atoms with Gasteiger partial charge < -0.3 is 19.5 Å².